The van der Waals surface area contributed by atoms with E-state index in [1.807, 2.05) is 6.92 Å². The molecule has 2 N–H and O–H groups in total. The predicted molar refractivity (Wildman–Crippen MR) is 104 cm³/mol. The highest BCUT2D eigenvalue weighted by Crippen LogP contribution is 2.31. The lowest BCUT2D eigenvalue weighted by atomic mass is 9.85. The molecule has 29 heavy (non-hydrogen) atoms. The van der Waals surface area contributed by atoms with Gasteiger partial charge in [0.05, 0.1) is 0 Å². The molecule has 3 rings (SSSR count). The molecular weight excluding hydrogens is 376 g/mol. The van der Waals surface area contributed by atoms with Crippen LogP contribution in [0.5, 0.6) is 0 Å². The number of nitrogens with one attached hydrogen (secondary N) is 2. The van der Waals surface area contributed by atoms with E-state index in [1.54, 1.807) is 18.2 Å². The van der Waals surface area contributed by atoms with Crippen LogP contribution in [-0.4, -0.2) is 59.1 Å². The maximum absolute atomic E-state index is 12.7. The van der Waals surface area contributed by atoms with Gasteiger partial charge in [0.1, 0.15) is 6.54 Å². The highest BCUT2D eigenvalue weighted by molar-refractivity contribution is 6.45. The molecule has 0 aromatic heterocycles. The van der Waals surface area contributed by atoms with Crippen LogP contribution in [-0.2, 0) is 14.4 Å². The van der Waals surface area contributed by atoms with Crippen LogP contribution < -0.4 is 10.6 Å². The van der Waals surface area contributed by atoms with Crippen LogP contribution in [0.1, 0.15) is 43.0 Å². The van der Waals surface area contributed by atoms with Crippen LogP contribution in [0.15, 0.2) is 24.3 Å². The van der Waals surface area contributed by atoms with Crippen LogP contribution >= 0.6 is 0 Å². The highest BCUT2D eigenvalue weighted by Gasteiger charge is 2.49. The van der Waals surface area contributed by atoms with Crippen molar-refractivity contribution in [3.63, 3.8) is 0 Å². The summed E-state index contributed by atoms with van der Waals surface area (Å²) in [5.41, 5.74) is 0.700. The van der Waals surface area contributed by atoms with E-state index in [1.165, 1.54) is 13.1 Å². The quantitative estimate of drug-likeness (QED) is 0.572. The first kappa shape index (κ1) is 20.5. The van der Waals surface area contributed by atoms with Crippen molar-refractivity contribution in [3.8, 4) is 0 Å². The van der Waals surface area contributed by atoms with Gasteiger partial charge in [-0.2, -0.15) is 0 Å². The minimum Gasteiger partial charge on any atom is -0.355 e. The first-order valence-electron chi connectivity index (χ1n) is 9.64. The minimum absolute atomic E-state index is 0.116. The van der Waals surface area contributed by atoms with Gasteiger partial charge < -0.3 is 10.6 Å². The van der Waals surface area contributed by atoms with Gasteiger partial charge in [-0.3, -0.25) is 24.1 Å². The number of rotatable bonds is 5. The van der Waals surface area contributed by atoms with Crippen LogP contribution in [0.3, 0.4) is 0 Å². The molecule has 1 aliphatic heterocycles. The molecule has 1 saturated carbocycles. The molecule has 6 amide bonds. The van der Waals surface area contributed by atoms with Gasteiger partial charge in [0.2, 0.25) is 5.91 Å². The molecule has 2 fully saturated rings. The summed E-state index contributed by atoms with van der Waals surface area (Å²) >= 11 is 0. The maximum Gasteiger partial charge on any atom is 0.334 e. The molecule has 0 unspecified atom stereocenters. The number of urea groups is 1. The lowest BCUT2D eigenvalue weighted by molar-refractivity contribution is -0.145. The molecular formula is C20H24N4O5. The van der Waals surface area contributed by atoms with Crippen LogP contribution in [0.25, 0.3) is 0 Å². The van der Waals surface area contributed by atoms with Crippen molar-refractivity contribution in [1.29, 1.82) is 0 Å². The zero-order valence-electron chi connectivity index (χ0n) is 16.4. The summed E-state index contributed by atoms with van der Waals surface area (Å²) in [6.45, 7) is 1.40. The summed E-state index contributed by atoms with van der Waals surface area (Å²) in [7, 11) is 1.49. The third-order valence-corrected chi connectivity index (χ3v) is 5.42. The first-order valence-corrected chi connectivity index (χ1v) is 9.64. The molecule has 0 bridgehead atoms. The van der Waals surface area contributed by atoms with E-state index in [0.717, 1.165) is 24.2 Å². The molecule has 1 saturated heterocycles. The van der Waals surface area contributed by atoms with Gasteiger partial charge in [-0.05, 0) is 37.0 Å². The number of carbonyl (C=O) groups is 5. The summed E-state index contributed by atoms with van der Waals surface area (Å²) in [6, 6.07) is 5.19. The Kier molecular flexibility index (Phi) is 5.95. The van der Waals surface area contributed by atoms with E-state index in [4.69, 9.17) is 0 Å². The Balaban J connectivity index is 1.69. The van der Waals surface area contributed by atoms with E-state index in [0.29, 0.717) is 22.6 Å². The fraction of sp³-hybridized carbons (Fsp3) is 0.450. The number of hydrogen-bond acceptors (Lipinski definition) is 5. The molecule has 0 radical (unpaired) electrons. The molecule has 2 aliphatic rings. The third kappa shape index (κ3) is 4.13. The Labute approximate surface area is 168 Å². The Hall–Kier alpha value is -3.23. The van der Waals surface area contributed by atoms with Crippen LogP contribution in [0, 0.1) is 5.92 Å². The zero-order chi connectivity index (χ0) is 21.1. The van der Waals surface area contributed by atoms with E-state index >= 15 is 0 Å². The fourth-order valence-corrected chi connectivity index (χ4v) is 3.86. The summed E-state index contributed by atoms with van der Waals surface area (Å²) < 4.78 is 0. The molecule has 1 aromatic rings. The molecule has 1 heterocycles. The van der Waals surface area contributed by atoms with Crippen molar-refractivity contribution in [2.45, 2.75) is 38.6 Å². The largest absolute Gasteiger partial charge is 0.355 e. The number of benzene rings is 1. The van der Waals surface area contributed by atoms with E-state index in [-0.39, 0.29) is 17.9 Å². The zero-order valence-corrected chi connectivity index (χ0v) is 16.4. The van der Waals surface area contributed by atoms with Gasteiger partial charge in [-0.25, -0.2) is 9.69 Å². The second-order valence-corrected chi connectivity index (χ2v) is 7.39. The lowest BCUT2D eigenvalue weighted by Gasteiger charge is -2.34. The Morgan fingerprint density at radius 1 is 1.10 bits per heavy atom. The van der Waals surface area contributed by atoms with Gasteiger partial charge in [0.15, 0.2) is 0 Å². The van der Waals surface area contributed by atoms with Gasteiger partial charge in [0.25, 0.3) is 5.91 Å². The van der Waals surface area contributed by atoms with E-state index in [2.05, 4.69) is 10.6 Å². The molecule has 9 heteroatoms. The van der Waals surface area contributed by atoms with E-state index < -0.39 is 30.3 Å². The average molecular weight is 400 g/mol. The average Bonchev–Trinajstić information content (AvgIpc) is 2.91. The van der Waals surface area contributed by atoms with Gasteiger partial charge in [-0.1, -0.05) is 25.8 Å². The number of nitrogens with zero attached hydrogens (tertiary/aromatic N) is 2. The smallest absolute Gasteiger partial charge is 0.334 e. The standard InChI is InChI=1S/C20H24N4O5/c1-12-6-3-4-9-15(12)24-19(28)18(27)23(20(24)29)11-16(25)22-14-8-5-7-13(10-14)17(26)21-2/h5,7-8,10,12,15H,3-4,6,9,11H2,1-2H3,(H,21,26)(H,22,25)/t12-,15+/m1/s1. The monoisotopic (exact) mass is 400 g/mol. The van der Waals surface area contributed by atoms with Crippen molar-refractivity contribution < 1.29 is 24.0 Å². The van der Waals surface area contributed by atoms with Crippen molar-refractivity contribution in [2.75, 3.05) is 18.9 Å². The summed E-state index contributed by atoms with van der Waals surface area (Å²) in [5, 5.41) is 5.04. The van der Waals surface area contributed by atoms with Gasteiger partial charge in [-0.15, -0.1) is 0 Å². The fourth-order valence-electron chi connectivity index (χ4n) is 3.86. The van der Waals surface area contributed by atoms with Crippen molar-refractivity contribution in [2.24, 2.45) is 5.92 Å². The summed E-state index contributed by atoms with van der Waals surface area (Å²) in [4.78, 5) is 63.2. The van der Waals surface area contributed by atoms with Gasteiger partial charge >= 0.3 is 17.8 Å². The molecule has 154 valence electrons. The Morgan fingerprint density at radius 2 is 1.83 bits per heavy atom. The Morgan fingerprint density at radius 3 is 2.52 bits per heavy atom. The number of anilines is 1. The van der Waals surface area contributed by atoms with E-state index in [9.17, 15) is 24.0 Å². The van der Waals surface area contributed by atoms with Gasteiger partial charge in [0, 0.05) is 24.3 Å². The Bertz CT molecular complexity index is 868. The second-order valence-electron chi connectivity index (χ2n) is 7.39. The van der Waals surface area contributed by atoms with Crippen molar-refractivity contribution in [1.82, 2.24) is 15.1 Å². The molecule has 0 spiro atoms. The SMILES string of the molecule is CNC(=O)c1cccc(NC(=O)CN2C(=O)C(=O)N([C@H]3CCCC[C@H]3C)C2=O)c1. The normalized spacial score (nSPS) is 22.1. The summed E-state index contributed by atoms with van der Waals surface area (Å²) in [6.07, 6.45) is 3.47. The number of hydrogen-bond donors (Lipinski definition) is 2. The minimum atomic E-state index is -0.984. The molecule has 1 aromatic carbocycles. The number of amides is 6. The van der Waals surface area contributed by atoms with Crippen LogP contribution in [0.2, 0.25) is 0 Å². The molecule has 9 nitrogen and oxygen atoms in total. The lowest BCUT2D eigenvalue weighted by Crippen LogP contribution is -2.46. The van der Waals surface area contributed by atoms with Crippen molar-refractivity contribution in [3.05, 3.63) is 29.8 Å². The highest BCUT2D eigenvalue weighted by atomic mass is 16.2. The summed E-state index contributed by atoms with van der Waals surface area (Å²) in [5.74, 6) is -2.68. The van der Waals surface area contributed by atoms with Crippen molar-refractivity contribution >= 4 is 35.3 Å². The topological polar surface area (TPSA) is 116 Å². The van der Waals surface area contributed by atoms with Crippen LogP contribution in [0.4, 0.5) is 10.5 Å². The second kappa shape index (κ2) is 8.42. The first-order chi connectivity index (χ1) is 13.8. The number of imide groups is 2. The number of carbonyl (C=O) groups excluding carboxylic acids is 5. The maximum atomic E-state index is 12.7. The molecule has 2 atom stereocenters. The third-order valence-electron chi connectivity index (χ3n) is 5.42. The predicted octanol–water partition coefficient (Wildman–Crippen LogP) is 1.35. The molecule has 1 aliphatic carbocycles.